The molecule has 0 saturated heterocycles. The number of halogens is 1. The lowest BCUT2D eigenvalue weighted by Gasteiger charge is -2.18. The Morgan fingerprint density at radius 1 is 1.24 bits per heavy atom. The molecular weight excluding hydrogens is 338 g/mol. The molecule has 1 aromatic heterocycles. The molecule has 1 N–H and O–H groups in total. The van der Waals surface area contributed by atoms with Gasteiger partial charge in [-0.05, 0) is 23.8 Å². The third kappa shape index (κ3) is 2.76. The predicted octanol–water partition coefficient (Wildman–Crippen LogP) is 3.56. The van der Waals surface area contributed by atoms with Crippen LogP contribution in [0.5, 0.6) is 5.75 Å². The zero-order chi connectivity index (χ0) is 17.4. The number of hydrogen-bond donors (Lipinski definition) is 1. The topological polar surface area (TPSA) is 56.2 Å². The van der Waals surface area contributed by atoms with Crippen LogP contribution < -0.4 is 10.1 Å². The van der Waals surface area contributed by atoms with Crippen LogP contribution in [-0.4, -0.2) is 15.7 Å². The zero-order valence-corrected chi connectivity index (χ0v) is 14.4. The highest BCUT2D eigenvalue weighted by Crippen LogP contribution is 2.38. The second-order valence-corrected chi connectivity index (χ2v) is 6.27. The van der Waals surface area contributed by atoms with Gasteiger partial charge in [-0.25, -0.2) is 0 Å². The molecule has 1 aliphatic rings. The van der Waals surface area contributed by atoms with Crippen molar-refractivity contribution in [1.82, 2.24) is 15.1 Å². The number of para-hydroxylation sites is 1. The van der Waals surface area contributed by atoms with E-state index in [1.807, 2.05) is 49.5 Å². The third-order valence-electron chi connectivity index (χ3n) is 4.27. The van der Waals surface area contributed by atoms with E-state index in [1.165, 1.54) is 0 Å². The number of rotatable bonds is 3. The van der Waals surface area contributed by atoms with E-state index in [0.29, 0.717) is 23.9 Å². The molecule has 5 nitrogen and oxygen atoms in total. The molecule has 1 aliphatic heterocycles. The minimum atomic E-state index is -0.236. The van der Waals surface area contributed by atoms with Crippen LogP contribution in [0.25, 0.3) is 11.3 Å². The molecule has 0 saturated carbocycles. The summed E-state index contributed by atoms with van der Waals surface area (Å²) in [6.45, 7) is 0.677. The fraction of sp³-hybridized carbons (Fsp3) is 0.158. The Labute approximate surface area is 150 Å². The van der Waals surface area contributed by atoms with E-state index in [-0.39, 0.29) is 5.91 Å². The molecule has 6 heteroatoms. The lowest BCUT2D eigenvalue weighted by molar-refractivity contribution is 0.0942. The molecule has 0 radical (unpaired) electrons. The maximum atomic E-state index is 12.6. The summed E-state index contributed by atoms with van der Waals surface area (Å²) in [6, 6.07) is 15.2. The van der Waals surface area contributed by atoms with Gasteiger partial charge in [0.1, 0.15) is 12.4 Å². The molecule has 25 heavy (non-hydrogen) atoms. The Morgan fingerprint density at radius 2 is 2.00 bits per heavy atom. The third-order valence-corrected chi connectivity index (χ3v) is 4.64. The van der Waals surface area contributed by atoms with Gasteiger partial charge in [0.25, 0.3) is 5.91 Å². The maximum absolute atomic E-state index is 12.6. The van der Waals surface area contributed by atoms with Crippen molar-refractivity contribution in [2.45, 2.75) is 13.2 Å². The minimum absolute atomic E-state index is 0.236. The van der Waals surface area contributed by atoms with E-state index in [0.717, 1.165) is 28.1 Å². The number of ether oxygens (including phenoxy) is 1. The van der Waals surface area contributed by atoms with Crippen molar-refractivity contribution < 1.29 is 9.53 Å². The maximum Gasteiger partial charge on any atom is 0.272 e. The second kappa shape index (κ2) is 6.26. The van der Waals surface area contributed by atoms with Crippen LogP contribution >= 0.6 is 11.6 Å². The Kier molecular flexibility index (Phi) is 3.93. The molecule has 126 valence electrons. The van der Waals surface area contributed by atoms with Crippen LogP contribution in [0.1, 0.15) is 21.6 Å². The van der Waals surface area contributed by atoms with Gasteiger partial charge in [0.2, 0.25) is 0 Å². The van der Waals surface area contributed by atoms with E-state index in [4.69, 9.17) is 16.3 Å². The Morgan fingerprint density at radius 3 is 2.84 bits per heavy atom. The van der Waals surface area contributed by atoms with E-state index >= 15 is 0 Å². The first-order chi connectivity index (χ1) is 12.1. The number of aromatic nitrogens is 2. The predicted molar refractivity (Wildman–Crippen MR) is 95.6 cm³/mol. The van der Waals surface area contributed by atoms with Crippen molar-refractivity contribution in [3.8, 4) is 17.0 Å². The van der Waals surface area contributed by atoms with Gasteiger partial charge in [-0.3, -0.25) is 9.48 Å². The van der Waals surface area contributed by atoms with E-state index in [1.54, 1.807) is 10.7 Å². The van der Waals surface area contributed by atoms with Crippen molar-refractivity contribution in [3.63, 3.8) is 0 Å². The number of nitrogens with zero attached hydrogens (tertiary/aromatic N) is 2. The lowest BCUT2D eigenvalue weighted by atomic mass is 10.0. The minimum Gasteiger partial charge on any atom is -0.488 e. The molecule has 2 heterocycles. The molecule has 0 fully saturated rings. The van der Waals surface area contributed by atoms with Crippen LogP contribution in [0, 0.1) is 0 Å². The van der Waals surface area contributed by atoms with Gasteiger partial charge in [-0.15, -0.1) is 0 Å². The summed E-state index contributed by atoms with van der Waals surface area (Å²) in [7, 11) is 1.84. The number of hydrogen-bond acceptors (Lipinski definition) is 3. The smallest absolute Gasteiger partial charge is 0.272 e. The molecule has 0 unspecified atom stereocenters. The van der Waals surface area contributed by atoms with Crippen molar-refractivity contribution in [2.75, 3.05) is 0 Å². The van der Waals surface area contributed by atoms with Crippen molar-refractivity contribution in [3.05, 3.63) is 70.4 Å². The lowest BCUT2D eigenvalue weighted by Crippen LogP contribution is -2.25. The molecule has 2 aromatic carbocycles. The number of aryl methyl sites for hydroxylation is 1. The number of benzene rings is 2. The first kappa shape index (κ1) is 15.7. The molecule has 1 amide bonds. The number of carbonyl (C=O) groups is 1. The van der Waals surface area contributed by atoms with E-state index in [9.17, 15) is 4.79 Å². The summed E-state index contributed by atoms with van der Waals surface area (Å²) >= 11 is 6.14. The van der Waals surface area contributed by atoms with Crippen LogP contribution in [0.3, 0.4) is 0 Å². The van der Waals surface area contributed by atoms with Gasteiger partial charge in [0.05, 0.1) is 5.69 Å². The summed E-state index contributed by atoms with van der Waals surface area (Å²) in [6.07, 6.45) is 0. The van der Waals surface area contributed by atoms with Crippen molar-refractivity contribution in [1.29, 1.82) is 0 Å². The highest BCUT2D eigenvalue weighted by molar-refractivity contribution is 6.31. The monoisotopic (exact) mass is 353 g/mol. The number of amides is 1. The summed E-state index contributed by atoms with van der Waals surface area (Å²) in [5, 5.41) is 7.93. The average Bonchev–Trinajstić information content (AvgIpc) is 2.98. The average molecular weight is 354 g/mol. The highest BCUT2D eigenvalue weighted by Gasteiger charge is 2.28. The standard InChI is InChI=1S/C19H16ClN3O2/c1-23-18-13-7-3-5-9-16(13)25-11-14(18)17(22-23)19(24)21-10-12-6-2-4-8-15(12)20/h2-9H,10-11H2,1H3,(H,21,24). The number of fused-ring (bicyclic) bond motifs is 3. The van der Waals surface area contributed by atoms with Crippen molar-refractivity contribution >= 4 is 17.5 Å². The first-order valence-corrected chi connectivity index (χ1v) is 8.32. The summed E-state index contributed by atoms with van der Waals surface area (Å²) in [4.78, 5) is 12.6. The molecule has 0 aliphatic carbocycles. The Bertz CT molecular complexity index is 965. The Hall–Kier alpha value is -2.79. The highest BCUT2D eigenvalue weighted by atomic mass is 35.5. The van der Waals surface area contributed by atoms with E-state index < -0.39 is 0 Å². The molecule has 0 bridgehead atoms. The normalized spacial score (nSPS) is 12.1. The first-order valence-electron chi connectivity index (χ1n) is 7.95. The van der Waals surface area contributed by atoms with Crippen molar-refractivity contribution in [2.24, 2.45) is 7.05 Å². The largest absolute Gasteiger partial charge is 0.488 e. The van der Waals surface area contributed by atoms with Crippen LogP contribution in [0.2, 0.25) is 5.02 Å². The van der Waals surface area contributed by atoms with Gasteiger partial charge in [-0.2, -0.15) is 5.10 Å². The van der Waals surface area contributed by atoms with Gasteiger partial charge in [0.15, 0.2) is 5.69 Å². The number of nitrogens with one attached hydrogen (secondary N) is 1. The van der Waals surface area contributed by atoms with Crippen LogP contribution in [0.4, 0.5) is 0 Å². The fourth-order valence-electron chi connectivity index (χ4n) is 3.06. The molecule has 4 rings (SSSR count). The van der Waals surface area contributed by atoms with Gasteiger partial charge < -0.3 is 10.1 Å². The molecule has 0 spiro atoms. The van der Waals surface area contributed by atoms with Gasteiger partial charge in [-0.1, -0.05) is 41.9 Å². The van der Waals surface area contributed by atoms with Gasteiger partial charge in [0, 0.05) is 29.7 Å². The summed E-state index contributed by atoms with van der Waals surface area (Å²) in [5.74, 6) is 0.570. The van der Waals surface area contributed by atoms with Gasteiger partial charge >= 0.3 is 0 Å². The number of carbonyl (C=O) groups excluding carboxylic acids is 1. The quantitative estimate of drug-likeness (QED) is 0.783. The SMILES string of the molecule is Cn1nc(C(=O)NCc2ccccc2Cl)c2c1-c1ccccc1OC2. The zero-order valence-electron chi connectivity index (χ0n) is 13.6. The molecule has 3 aromatic rings. The second-order valence-electron chi connectivity index (χ2n) is 5.86. The summed E-state index contributed by atoms with van der Waals surface area (Å²) in [5.41, 5.74) is 3.93. The molecular formula is C19H16ClN3O2. The van der Waals surface area contributed by atoms with E-state index in [2.05, 4.69) is 10.4 Å². The van der Waals surface area contributed by atoms with Crippen LogP contribution in [-0.2, 0) is 20.2 Å². The van der Waals surface area contributed by atoms with Crippen LogP contribution in [0.15, 0.2) is 48.5 Å². The fourth-order valence-corrected chi connectivity index (χ4v) is 3.27. The Balaban J connectivity index is 1.62. The summed E-state index contributed by atoms with van der Waals surface area (Å²) < 4.78 is 7.52. The molecule has 0 atom stereocenters.